The molecular weight excluding hydrogens is 256 g/mol. The summed E-state index contributed by atoms with van der Waals surface area (Å²) in [6.45, 7) is 10.5. The Hall–Kier alpha value is -1.10. The molecule has 0 radical (unpaired) electrons. The van der Waals surface area contributed by atoms with E-state index in [9.17, 15) is 9.59 Å². The summed E-state index contributed by atoms with van der Waals surface area (Å²) in [5.74, 6) is 0.115. The van der Waals surface area contributed by atoms with Gasteiger partial charge in [0.15, 0.2) is 0 Å². The number of carbonyl (C=O) groups is 2. The summed E-state index contributed by atoms with van der Waals surface area (Å²) < 4.78 is 5.65. The first-order valence-corrected chi connectivity index (χ1v) is 7.58. The first-order valence-electron chi connectivity index (χ1n) is 7.58. The average Bonchev–Trinajstić information content (AvgIpc) is 2.74. The Bertz CT molecular complexity index is 412. The number of carbonyl (C=O) groups excluding carboxylic acids is 2. The van der Waals surface area contributed by atoms with Crippen molar-refractivity contribution < 1.29 is 14.3 Å². The standard InChI is InChI=1S/C15H26N2O3/c1-6-9(2)12-14(19)17(10(3)13(18)16-12)15(5)7-8-20-11(15)4/h9-12H,6-8H2,1-5H3,(H,16,18). The zero-order valence-corrected chi connectivity index (χ0v) is 13.1. The van der Waals surface area contributed by atoms with Crippen molar-refractivity contribution in [2.24, 2.45) is 5.92 Å². The van der Waals surface area contributed by atoms with E-state index in [2.05, 4.69) is 5.32 Å². The fourth-order valence-corrected chi connectivity index (χ4v) is 3.25. The largest absolute Gasteiger partial charge is 0.376 e. The first kappa shape index (κ1) is 15.3. The van der Waals surface area contributed by atoms with Gasteiger partial charge < -0.3 is 15.0 Å². The molecule has 20 heavy (non-hydrogen) atoms. The van der Waals surface area contributed by atoms with Gasteiger partial charge in [-0.1, -0.05) is 20.3 Å². The molecule has 2 aliphatic rings. The third kappa shape index (κ3) is 2.22. The summed E-state index contributed by atoms with van der Waals surface area (Å²) in [5.41, 5.74) is -0.389. The number of piperazine rings is 1. The number of rotatable bonds is 3. The van der Waals surface area contributed by atoms with E-state index in [4.69, 9.17) is 4.74 Å². The minimum Gasteiger partial charge on any atom is -0.376 e. The van der Waals surface area contributed by atoms with Crippen LogP contribution >= 0.6 is 0 Å². The fourth-order valence-electron chi connectivity index (χ4n) is 3.25. The molecule has 2 fully saturated rings. The smallest absolute Gasteiger partial charge is 0.246 e. The third-order valence-electron chi connectivity index (χ3n) is 5.18. The minimum atomic E-state index is -0.433. The van der Waals surface area contributed by atoms with Crippen molar-refractivity contribution in [3.8, 4) is 0 Å². The summed E-state index contributed by atoms with van der Waals surface area (Å²) in [5, 5.41) is 2.88. The van der Waals surface area contributed by atoms with Crippen LogP contribution in [0, 0.1) is 5.92 Å². The molecule has 0 aromatic carbocycles. The Morgan fingerprint density at radius 3 is 2.60 bits per heavy atom. The van der Waals surface area contributed by atoms with Crippen LogP contribution in [0.4, 0.5) is 0 Å². The first-order chi connectivity index (χ1) is 9.32. The third-order valence-corrected chi connectivity index (χ3v) is 5.18. The second-order valence-corrected chi connectivity index (χ2v) is 6.38. The molecule has 2 aliphatic heterocycles. The number of nitrogens with zero attached hydrogens (tertiary/aromatic N) is 1. The number of amides is 2. The summed E-state index contributed by atoms with van der Waals surface area (Å²) in [4.78, 5) is 26.9. The molecule has 5 nitrogen and oxygen atoms in total. The van der Waals surface area contributed by atoms with Crippen molar-refractivity contribution in [1.29, 1.82) is 0 Å². The van der Waals surface area contributed by atoms with Crippen LogP contribution in [0.25, 0.3) is 0 Å². The monoisotopic (exact) mass is 282 g/mol. The highest BCUT2D eigenvalue weighted by molar-refractivity contribution is 5.97. The minimum absolute atomic E-state index is 0.0336. The molecule has 1 N–H and O–H groups in total. The van der Waals surface area contributed by atoms with Crippen molar-refractivity contribution in [3.63, 3.8) is 0 Å². The van der Waals surface area contributed by atoms with Crippen LogP contribution in [0.5, 0.6) is 0 Å². The zero-order chi connectivity index (χ0) is 15.1. The molecule has 2 heterocycles. The van der Waals surface area contributed by atoms with E-state index in [1.54, 1.807) is 11.8 Å². The molecule has 2 rings (SSSR count). The Balaban J connectivity index is 2.34. The zero-order valence-electron chi connectivity index (χ0n) is 13.1. The maximum absolute atomic E-state index is 12.9. The number of nitrogens with one attached hydrogen (secondary N) is 1. The van der Waals surface area contributed by atoms with Crippen molar-refractivity contribution >= 4 is 11.8 Å². The van der Waals surface area contributed by atoms with Crippen molar-refractivity contribution in [3.05, 3.63) is 0 Å². The normalized spacial score (nSPS) is 39.9. The van der Waals surface area contributed by atoms with Crippen molar-refractivity contribution in [2.75, 3.05) is 6.61 Å². The van der Waals surface area contributed by atoms with Crippen LogP contribution in [0.3, 0.4) is 0 Å². The molecule has 0 spiro atoms. The van der Waals surface area contributed by atoms with Crippen LogP contribution in [0.2, 0.25) is 0 Å². The van der Waals surface area contributed by atoms with Gasteiger partial charge in [-0.3, -0.25) is 9.59 Å². The molecule has 0 bridgehead atoms. The van der Waals surface area contributed by atoms with Crippen LogP contribution in [0.1, 0.15) is 47.5 Å². The quantitative estimate of drug-likeness (QED) is 0.849. The number of hydrogen-bond donors (Lipinski definition) is 1. The van der Waals surface area contributed by atoms with E-state index in [1.807, 2.05) is 27.7 Å². The van der Waals surface area contributed by atoms with Gasteiger partial charge in [0.1, 0.15) is 12.1 Å². The second kappa shape index (κ2) is 5.35. The summed E-state index contributed by atoms with van der Waals surface area (Å²) >= 11 is 0. The highest BCUT2D eigenvalue weighted by Gasteiger charge is 2.52. The second-order valence-electron chi connectivity index (χ2n) is 6.38. The van der Waals surface area contributed by atoms with Crippen LogP contribution in [0.15, 0.2) is 0 Å². The highest BCUT2D eigenvalue weighted by atomic mass is 16.5. The predicted octanol–water partition coefficient (Wildman–Crippen LogP) is 1.32. The molecule has 0 aliphatic carbocycles. The van der Waals surface area contributed by atoms with Crippen molar-refractivity contribution in [2.45, 2.75) is 71.2 Å². The molecule has 0 aromatic rings. The van der Waals surface area contributed by atoms with E-state index in [-0.39, 0.29) is 29.4 Å². The topological polar surface area (TPSA) is 58.6 Å². The van der Waals surface area contributed by atoms with E-state index >= 15 is 0 Å². The Morgan fingerprint density at radius 2 is 2.10 bits per heavy atom. The van der Waals surface area contributed by atoms with Crippen LogP contribution in [-0.4, -0.2) is 47.0 Å². The van der Waals surface area contributed by atoms with Crippen LogP contribution < -0.4 is 5.32 Å². The summed E-state index contributed by atoms with van der Waals surface area (Å²) in [7, 11) is 0. The van der Waals surface area contributed by atoms with E-state index < -0.39 is 12.1 Å². The van der Waals surface area contributed by atoms with Gasteiger partial charge in [-0.25, -0.2) is 0 Å². The van der Waals surface area contributed by atoms with Crippen LogP contribution in [-0.2, 0) is 14.3 Å². The SMILES string of the molecule is CCC(C)C1NC(=O)C(C)N(C2(C)CCOC2C)C1=O. The molecule has 5 unspecified atom stereocenters. The van der Waals surface area contributed by atoms with Gasteiger partial charge >= 0.3 is 0 Å². The molecule has 0 aromatic heterocycles. The van der Waals surface area contributed by atoms with Gasteiger partial charge in [0.05, 0.1) is 11.6 Å². The van der Waals surface area contributed by atoms with Gasteiger partial charge in [0.2, 0.25) is 11.8 Å². The lowest BCUT2D eigenvalue weighted by Crippen LogP contribution is -2.70. The Labute approximate surface area is 121 Å². The molecule has 114 valence electrons. The number of hydrogen-bond acceptors (Lipinski definition) is 3. The fraction of sp³-hybridized carbons (Fsp3) is 0.867. The predicted molar refractivity (Wildman–Crippen MR) is 76.1 cm³/mol. The Morgan fingerprint density at radius 1 is 1.45 bits per heavy atom. The van der Waals surface area contributed by atoms with Gasteiger partial charge in [-0.15, -0.1) is 0 Å². The maximum Gasteiger partial charge on any atom is 0.246 e. The molecule has 5 atom stereocenters. The van der Waals surface area contributed by atoms with E-state index in [0.29, 0.717) is 6.61 Å². The van der Waals surface area contributed by atoms with Crippen molar-refractivity contribution in [1.82, 2.24) is 10.2 Å². The lowest BCUT2D eigenvalue weighted by atomic mass is 9.86. The van der Waals surface area contributed by atoms with E-state index in [1.165, 1.54) is 0 Å². The summed E-state index contributed by atoms with van der Waals surface area (Å²) in [6.07, 6.45) is 1.60. The lowest BCUT2D eigenvalue weighted by Gasteiger charge is -2.48. The summed E-state index contributed by atoms with van der Waals surface area (Å²) in [6, 6.07) is -0.842. The van der Waals surface area contributed by atoms with Gasteiger partial charge in [0.25, 0.3) is 0 Å². The molecule has 2 saturated heterocycles. The van der Waals surface area contributed by atoms with E-state index in [0.717, 1.165) is 12.8 Å². The highest BCUT2D eigenvalue weighted by Crippen LogP contribution is 2.35. The molecule has 2 amide bonds. The maximum atomic E-state index is 12.9. The van der Waals surface area contributed by atoms with Gasteiger partial charge in [-0.05, 0) is 33.1 Å². The van der Waals surface area contributed by atoms with Gasteiger partial charge in [-0.2, -0.15) is 0 Å². The van der Waals surface area contributed by atoms with Gasteiger partial charge in [0, 0.05) is 6.61 Å². The number of ether oxygens (including phenoxy) is 1. The average molecular weight is 282 g/mol. The molecule has 0 saturated carbocycles. The lowest BCUT2D eigenvalue weighted by molar-refractivity contribution is -0.159. The molecular formula is C15H26N2O3. The molecule has 5 heteroatoms. The Kier molecular flexibility index (Phi) is 4.09.